The molecule has 0 aliphatic carbocycles. The first-order valence-electron chi connectivity index (χ1n) is 5.82. The zero-order chi connectivity index (χ0) is 14.9. The topological polar surface area (TPSA) is 89.9 Å². The molecule has 0 spiro atoms. The predicted octanol–water partition coefficient (Wildman–Crippen LogP) is 2.26. The third-order valence-electron chi connectivity index (χ3n) is 2.99. The van der Waals surface area contributed by atoms with Crippen LogP contribution >= 0.6 is 31.9 Å². The number of hydrogen-bond donors (Lipinski definition) is 3. The van der Waals surface area contributed by atoms with E-state index >= 15 is 0 Å². The largest absolute Gasteiger partial charge is 0.480 e. The molecule has 1 heterocycles. The summed E-state index contributed by atoms with van der Waals surface area (Å²) in [5.41, 5.74) is 0.523. The maximum absolute atomic E-state index is 12.1. The van der Waals surface area contributed by atoms with Crippen molar-refractivity contribution in [2.45, 2.75) is 18.6 Å². The van der Waals surface area contributed by atoms with E-state index in [1.165, 1.54) is 0 Å². The quantitative estimate of drug-likeness (QED) is 0.701. The van der Waals surface area contributed by atoms with Crippen molar-refractivity contribution >= 4 is 49.5 Å². The lowest BCUT2D eigenvalue weighted by Crippen LogP contribution is -2.43. The van der Waals surface area contributed by atoms with Gasteiger partial charge in [0.1, 0.15) is 6.04 Å². The van der Waals surface area contributed by atoms with Gasteiger partial charge in [0.15, 0.2) is 0 Å². The van der Waals surface area contributed by atoms with Crippen molar-refractivity contribution in [3.63, 3.8) is 0 Å². The molecule has 1 aliphatic rings. The summed E-state index contributed by atoms with van der Waals surface area (Å²) in [6.07, 6.45) is -0.768. The summed E-state index contributed by atoms with van der Waals surface area (Å²) >= 11 is 6.60. The summed E-state index contributed by atoms with van der Waals surface area (Å²) in [6, 6.07) is 3.71. The molecule has 0 aromatic heterocycles. The highest BCUT2D eigenvalue weighted by Crippen LogP contribution is 2.27. The molecule has 6 nitrogen and oxygen atoms in total. The van der Waals surface area contributed by atoms with Crippen molar-refractivity contribution in [1.29, 1.82) is 0 Å². The highest BCUT2D eigenvalue weighted by atomic mass is 79.9. The zero-order valence-electron chi connectivity index (χ0n) is 10.2. The molecule has 2 amide bonds. The maximum atomic E-state index is 12.1. The number of aliphatic hydroxyl groups is 1. The van der Waals surface area contributed by atoms with Crippen LogP contribution in [-0.2, 0) is 4.79 Å². The lowest BCUT2D eigenvalue weighted by atomic mass is 10.2. The van der Waals surface area contributed by atoms with Crippen LogP contribution in [0.4, 0.5) is 10.5 Å². The Hall–Kier alpha value is -1.12. The highest BCUT2D eigenvalue weighted by molar-refractivity contribution is 9.11. The van der Waals surface area contributed by atoms with Gasteiger partial charge in [0.2, 0.25) is 0 Å². The van der Waals surface area contributed by atoms with E-state index in [4.69, 9.17) is 5.11 Å². The number of carboxylic acid groups (broad SMARTS) is 1. The second-order valence-electron chi connectivity index (χ2n) is 4.45. The molecule has 1 fully saturated rings. The fourth-order valence-electron chi connectivity index (χ4n) is 2.05. The number of carboxylic acids is 1. The van der Waals surface area contributed by atoms with E-state index in [0.717, 1.165) is 9.37 Å². The Kier molecular flexibility index (Phi) is 4.66. The Morgan fingerprint density at radius 1 is 1.35 bits per heavy atom. The third-order valence-corrected chi connectivity index (χ3v) is 4.18. The number of carbonyl (C=O) groups excluding carboxylic acids is 1. The van der Waals surface area contributed by atoms with E-state index < -0.39 is 24.1 Å². The maximum Gasteiger partial charge on any atom is 0.326 e. The fourth-order valence-corrected chi connectivity index (χ4v) is 2.76. The lowest BCUT2D eigenvalue weighted by Gasteiger charge is -2.22. The molecular formula is C12H12Br2N2O4. The molecule has 0 unspecified atom stereocenters. The third kappa shape index (κ3) is 3.31. The number of aliphatic carboxylic acids is 1. The van der Waals surface area contributed by atoms with E-state index in [-0.39, 0.29) is 13.0 Å². The molecule has 1 aliphatic heterocycles. The van der Waals surface area contributed by atoms with Crippen molar-refractivity contribution in [2.75, 3.05) is 11.9 Å². The number of carbonyl (C=O) groups is 2. The number of benzene rings is 1. The van der Waals surface area contributed by atoms with Gasteiger partial charge in [-0.1, -0.05) is 15.9 Å². The van der Waals surface area contributed by atoms with Gasteiger partial charge < -0.3 is 20.4 Å². The normalized spacial score (nSPS) is 21.9. The van der Waals surface area contributed by atoms with Gasteiger partial charge in [-0.25, -0.2) is 9.59 Å². The fraction of sp³-hybridized carbons (Fsp3) is 0.333. The number of nitrogens with zero attached hydrogens (tertiary/aromatic N) is 1. The van der Waals surface area contributed by atoms with Crippen molar-refractivity contribution in [3.05, 3.63) is 27.1 Å². The number of urea groups is 1. The molecule has 20 heavy (non-hydrogen) atoms. The van der Waals surface area contributed by atoms with Crippen LogP contribution in [0.3, 0.4) is 0 Å². The summed E-state index contributed by atoms with van der Waals surface area (Å²) in [6.45, 7) is 0.00836. The molecule has 2 atom stereocenters. The average molecular weight is 408 g/mol. The van der Waals surface area contributed by atoms with E-state index in [2.05, 4.69) is 37.2 Å². The van der Waals surface area contributed by atoms with Crippen molar-refractivity contribution in [3.8, 4) is 0 Å². The van der Waals surface area contributed by atoms with Crippen LogP contribution in [0.5, 0.6) is 0 Å². The number of aliphatic hydroxyl groups excluding tert-OH is 1. The minimum atomic E-state index is -1.12. The van der Waals surface area contributed by atoms with Gasteiger partial charge in [0.25, 0.3) is 0 Å². The first kappa shape index (κ1) is 15.3. The van der Waals surface area contributed by atoms with Gasteiger partial charge in [-0.05, 0) is 34.1 Å². The molecule has 8 heteroatoms. The Bertz CT molecular complexity index is 552. The van der Waals surface area contributed by atoms with E-state index in [1.54, 1.807) is 18.2 Å². The van der Waals surface area contributed by atoms with Crippen LogP contribution in [0.2, 0.25) is 0 Å². The second-order valence-corrected chi connectivity index (χ2v) is 6.22. The van der Waals surface area contributed by atoms with E-state index in [1.807, 2.05) is 0 Å². The standard InChI is InChI=1S/C12H12Br2N2O4/c13-6-1-2-8(14)9(3-6)15-12(20)16-5-7(17)4-10(16)11(18)19/h1-3,7,10,17H,4-5H2,(H,15,20)(H,18,19)/t7-,10-/m1/s1. The molecule has 0 bridgehead atoms. The number of amides is 2. The van der Waals surface area contributed by atoms with Gasteiger partial charge >= 0.3 is 12.0 Å². The smallest absolute Gasteiger partial charge is 0.326 e. The molecule has 108 valence electrons. The van der Waals surface area contributed by atoms with Gasteiger partial charge in [-0.15, -0.1) is 0 Å². The van der Waals surface area contributed by atoms with Crippen LogP contribution in [-0.4, -0.2) is 45.8 Å². The average Bonchev–Trinajstić information content (AvgIpc) is 2.76. The van der Waals surface area contributed by atoms with E-state index in [9.17, 15) is 14.7 Å². The summed E-state index contributed by atoms with van der Waals surface area (Å²) < 4.78 is 1.47. The van der Waals surface area contributed by atoms with Crippen molar-refractivity contribution in [1.82, 2.24) is 4.90 Å². The van der Waals surface area contributed by atoms with Crippen LogP contribution < -0.4 is 5.32 Å². The molecule has 1 saturated heterocycles. The van der Waals surface area contributed by atoms with Gasteiger partial charge in [-0.2, -0.15) is 0 Å². The van der Waals surface area contributed by atoms with Crippen LogP contribution in [0.25, 0.3) is 0 Å². The first-order chi connectivity index (χ1) is 9.38. The van der Waals surface area contributed by atoms with Crippen molar-refractivity contribution in [2.24, 2.45) is 0 Å². The Balaban J connectivity index is 2.15. The minimum Gasteiger partial charge on any atom is -0.480 e. The van der Waals surface area contributed by atoms with E-state index in [0.29, 0.717) is 10.2 Å². The number of rotatable bonds is 2. The number of halogens is 2. The molecule has 2 rings (SSSR count). The Morgan fingerprint density at radius 2 is 2.05 bits per heavy atom. The first-order valence-corrected chi connectivity index (χ1v) is 7.40. The second kappa shape index (κ2) is 6.11. The van der Waals surface area contributed by atoms with Crippen LogP contribution in [0, 0.1) is 0 Å². The number of hydrogen-bond acceptors (Lipinski definition) is 3. The zero-order valence-corrected chi connectivity index (χ0v) is 13.4. The summed E-state index contributed by atoms with van der Waals surface area (Å²) in [5.74, 6) is -1.12. The number of likely N-dealkylation sites (tertiary alicyclic amines) is 1. The summed E-state index contributed by atoms with van der Waals surface area (Å²) in [4.78, 5) is 24.4. The minimum absolute atomic E-state index is 0.00836. The number of nitrogens with one attached hydrogen (secondary N) is 1. The predicted molar refractivity (Wildman–Crippen MR) is 79.6 cm³/mol. The van der Waals surface area contributed by atoms with Gasteiger partial charge in [0.05, 0.1) is 11.8 Å². The van der Waals surface area contributed by atoms with Crippen LogP contribution in [0.15, 0.2) is 27.1 Å². The number of anilines is 1. The van der Waals surface area contributed by atoms with Crippen molar-refractivity contribution < 1.29 is 19.8 Å². The molecular weight excluding hydrogens is 396 g/mol. The van der Waals surface area contributed by atoms with Crippen LogP contribution in [0.1, 0.15) is 6.42 Å². The molecule has 0 saturated carbocycles. The summed E-state index contributed by atoms with van der Waals surface area (Å²) in [7, 11) is 0. The SMILES string of the molecule is O=C(O)[C@H]1C[C@@H](O)CN1C(=O)Nc1cc(Br)ccc1Br. The Labute approximate surface area is 132 Å². The summed E-state index contributed by atoms with van der Waals surface area (Å²) in [5, 5.41) is 21.2. The molecule has 1 aromatic carbocycles. The van der Waals surface area contributed by atoms with Gasteiger partial charge in [-0.3, -0.25) is 0 Å². The molecule has 1 aromatic rings. The highest BCUT2D eigenvalue weighted by Gasteiger charge is 2.39. The monoisotopic (exact) mass is 406 g/mol. The van der Waals surface area contributed by atoms with Gasteiger partial charge in [0, 0.05) is 21.9 Å². The lowest BCUT2D eigenvalue weighted by molar-refractivity contribution is -0.141. The molecule has 3 N–H and O–H groups in total. The Morgan fingerprint density at radius 3 is 2.70 bits per heavy atom. The molecule has 0 radical (unpaired) electrons. The number of β-amino-alcohol motifs (C(OH)–C–C–N with tert-alkyl or cyclic N) is 1.